The Balaban J connectivity index is 2.10. The summed E-state index contributed by atoms with van der Waals surface area (Å²) >= 11 is 0. The third-order valence-electron chi connectivity index (χ3n) is 3.44. The molecule has 4 heteroatoms. The molecule has 0 amide bonds. The second-order valence-electron chi connectivity index (χ2n) is 4.83. The smallest absolute Gasteiger partial charge is 0.325 e. The molecule has 0 heterocycles. The van der Waals surface area contributed by atoms with Crippen molar-refractivity contribution in [2.45, 2.75) is 44.2 Å². The number of nitrogens with one attached hydrogen (secondary N) is 1. The number of carboxylic acids is 1. The van der Waals surface area contributed by atoms with E-state index in [9.17, 15) is 14.3 Å². The lowest BCUT2D eigenvalue weighted by atomic mass is 9.94. The van der Waals surface area contributed by atoms with E-state index in [-0.39, 0.29) is 6.04 Å². The molecular weight excluding hydrogens is 233 g/mol. The van der Waals surface area contributed by atoms with Crippen LogP contribution >= 0.6 is 0 Å². The molecule has 18 heavy (non-hydrogen) atoms. The van der Waals surface area contributed by atoms with Gasteiger partial charge < -0.3 is 5.11 Å². The minimum Gasteiger partial charge on any atom is -0.480 e. The van der Waals surface area contributed by atoms with Gasteiger partial charge in [0.1, 0.15) is 11.9 Å². The summed E-state index contributed by atoms with van der Waals surface area (Å²) in [5.74, 6) is -1.35. The molecule has 0 bridgehead atoms. The van der Waals surface area contributed by atoms with Crippen LogP contribution in [0.3, 0.4) is 0 Å². The Bertz CT molecular complexity index is 416. The van der Waals surface area contributed by atoms with Gasteiger partial charge in [-0.25, -0.2) is 4.39 Å². The van der Waals surface area contributed by atoms with Gasteiger partial charge in [-0.1, -0.05) is 31.4 Å². The fourth-order valence-electron chi connectivity index (χ4n) is 2.50. The molecule has 1 aliphatic carbocycles. The van der Waals surface area contributed by atoms with Gasteiger partial charge >= 0.3 is 5.97 Å². The molecule has 1 saturated carbocycles. The second kappa shape index (κ2) is 5.96. The van der Waals surface area contributed by atoms with E-state index in [1.165, 1.54) is 18.6 Å². The summed E-state index contributed by atoms with van der Waals surface area (Å²) in [5.41, 5.74) is 0.480. The van der Waals surface area contributed by atoms with E-state index in [4.69, 9.17) is 0 Å². The molecule has 2 N–H and O–H groups in total. The molecule has 98 valence electrons. The molecule has 0 radical (unpaired) electrons. The van der Waals surface area contributed by atoms with Crippen molar-refractivity contribution in [3.05, 3.63) is 35.6 Å². The first-order chi connectivity index (χ1) is 8.66. The quantitative estimate of drug-likeness (QED) is 0.865. The highest BCUT2D eigenvalue weighted by molar-refractivity contribution is 5.75. The molecule has 1 atom stereocenters. The van der Waals surface area contributed by atoms with Gasteiger partial charge in [0.05, 0.1) is 0 Å². The summed E-state index contributed by atoms with van der Waals surface area (Å²) in [7, 11) is 0. The van der Waals surface area contributed by atoms with Crippen molar-refractivity contribution in [2.75, 3.05) is 0 Å². The van der Waals surface area contributed by atoms with Crippen LogP contribution < -0.4 is 5.32 Å². The summed E-state index contributed by atoms with van der Waals surface area (Å²) in [6, 6.07) is 5.21. The van der Waals surface area contributed by atoms with Crippen molar-refractivity contribution in [1.82, 2.24) is 5.32 Å². The van der Waals surface area contributed by atoms with E-state index in [1.54, 1.807) is 12.1 Å². The Hall–Kier alpha value is -1.42. The molecule has 1 fully saturated rings. The average molecular weight is 251 g/mol. The predicted octanol–water partition coefficient (Wildman–Crippen LogP) is 2.87. The zero-order valence-electron chi connectivity index (χ0n) is 10.2. The Labute approximate surface area is 106 Å². The Morgan fingerprint density at radius 3 is 2.67 bits per heavy atom. The van der Waals surface area contributed by atoms with Gasteiger partial charge in [0.15, 0.2) is 0 Å². The average Bonchev–Trinajstić information content (AvgIpc) is 2.37. The molecule has 1 aromatic rings. The summed E-state index contributed by atoms with van der Waals surface area (Å²) in [6.07, 6.45) is 5.48. The third-order valence-corrected chi connectivity index (χ3v) is 3.44. The van der Waals surface area contributed by atoms with Crippen molar-refractivity contribution >= 4 is 5.97 Å². The monoisotopic (exact) mass is 251 g/mol. The molecule has 1 unspecified atom stereocenters. The summed E-state index contributed by atoms with van der Waals surface area (Å²) in [5, 5.41) is 12.4. The maximum Gasteiger partial charge on any atom is 0.325 e. The van der Waals surface area contributed by atoms with Gasteiger partial charge in [0, 0.05) is 6.04 Å². The molecule has 3 nitrogen and oxygen atoms in total. The van der Waals surface area contributed by atoms with Gasteiger partial charge in [0.2, 0.25) is 0 Å². The van der Waals surface area contributed by atoms with Crippen LogP contribution in [0.5, 0.6) is 0 Å². The SMILES string of the molecule is O=C(O)C(NC1CCCCC1)c1cccc(F)c1. The fraction of sp³-hybridized carbons (Fsp3) is 0.500. The first-order valence-corrected chi connectivity index (χ1v) is 6.41. The lowest BCUT2D eigenvalue weighted by Gasteiger charge is -2.26. The molecule has 0 aromatic heterocycles. The van der Waals surface area contributed by atoms with Crippen molar-refractivity contribution < 1.29 is 14.3 Å². The number of aliphatic carboxylic acids is 1. The number of carboxylic acid groups (broad SMARTS) is 1. The molecule has 0 saturated heterocycles. The predicted molar refractivity (Wildman–Crippen MR) is 66.8 cm³/mol. The molecule has 1 aromatic carbocycles. The fourth-order valence-corrected chi connectivity index (χ4v) is 2.50. The second-order valence-corrected chi connectivity index (χ2v) is 4.83. The number of halogens is 1. The van der Waals surface area contributed by atoms with Crippen molar-refractivity contribution in [2.24, 2.45) is 0 Å². The summed E-state index contributed by atoms with van der Waals surface area (Å²) in [4.78, 5) is 11.3. The van der Waals surface area contributed by atoms with E-state index in [0.29, 0.717) is 5.56 Å². The van der Waals surface area contributed by atoms with Crippen LogP contribution in [0, 0.1) is 5.82 Å². The van der Waals surface area contributed by atoms with Gasteiger partial charge in [-0.05, 0) is 30.5 Å². The van der Waals surface area contributed by atoms with Crippen LogP contribution in [-0.4, -0.2) is 17.1 Å². The topological polar surface area (TPSA) is 49.3 Å². The van der Waals surface area contributed by atoms with Crippen molar-refractivity contribution in [3.63, 3.8) is 0 Å². The minimum absolute atomic E-state index is 0.225. The van der Waals surface area contributed by atoms with Crippen LogP contribution in [0.2, 0.25) is 0 Å². The maximum absolute atomic E-state index is 13.1. The van der Waals surface area contributed by atoms with Crippen LogP contribution in [0.1, 0.15) is 43.7 Å². The van der Waals surface area contributed by atoms with E-state index in [2.05, 4.69) is 5.32 Å². The number of rotatable bonds is 4. The number of hydrogen-bond donors (Lipinski definition) is 2. The van der Waals surface area contributed by atoms with Crippen LogP contribution in [0.15, 0.2) is 24.3 Å². The highest BCUT2D eigenvalue weighted by Gasteiger charge is 2.24. The normalized spacial score (nSPS) is 18.5. The van der Waals surface area contributed by atoms with Gasteiger partial charge in [0.25, 0.3) is 0 Å². The Kier molecular flexibility index (Phi) is 4.31. The lowest BCUT2D eigenvalue weighted by molar-refractivity contribution is -0.140. The van der Waals surface area contributed by atoms with Crippen LogP contribution in [0.25, 0.3) is 0 Å². The first kappa shape index (κ1) is 13.0. The number of carbonyl (C=O) groups is 1. The van der Waals surface area contributed by atoms with Crippen molar-refractivity contribution in [3.8, 4) is 0 Å². The van der Waals surface area contributed by atoms with E-state index in [1.807, 2.05) is 0 Å². The number of hydrogen-bond acceptors (Lipinski definition) is 2. The Morgan fingerprint density at radius 1 is 1.33 bits per heavy atom. The third kappa shape index (κ3) is 3.29. The van der Waals surface area contributed by atoms with Gasteiger partial charge in [-0.3, -0.25) is 10.1 Å². The van der Waals surface area contributed by atoms with E-state index < -0.39 is 17.8 Å². The van der Waals surface area contributed by atoms with E-state index in [0.717, 1.165) is 25.7 Å². The van der Waals surface area contributed by atoms with Gasteiger partial charge in [-0.15, -0.1) is 0 Å². The zero-order valence-corrected chi connectivity index (χ0v) is 10.2. The molecule has 1 aliphatic rings. The van der Waals surface area contributed by atoms with Crippen LogP contribution in [0.4, 0.5) is 4.39 Å². The van der Waals surface area contributed by atoms with E-state index >= 15 is 0 Å². The van der Waals surface area contributed by atoms with Gasteiger partial charge in [-0.2, -0.15) is 0 Å². The molecular formula is C14H18FNO2. The van der Waals surface area contributed by atoms with Crippen molar-refractivity contribution in [1.29, 1.82) is 0 Å². The minimum atomic E-state index is -0.953. The molecule has 2 rings (SSSR count). The number of benzene rings is 1. The standard InChI is InChI=1S/C14H18FNO2/c15-11-6-4-5-10(9-11)13(14(17)18)16-12-7-2-1-3-8-12/h4-6,9,12-13,16H,1-3,7-8H2,(H,17,18). The Morgan fingerprint density at radius 2 is 2.06 bits per heavy atom. The van der Waals surface area contributed by atoms with Crippen LogP contribution in [-0.2, 0) is 4.79 Å². The maximum atomic E-state index is 13.1. The zero-order chi connectivity index (χ0) is 13.0. The highest BCUT2D eigenvalue weighted by Crippen LogP contribution is 2.22. The summed E-state index contributed by atoms with van der Waals surface area (Å²) < 4.78 is 13.1. The largest absolute Gasteiger partial charge is 0.480 e. The molecule has 0 aliphatic heterocycles. The lowest BCUT2D eigenvalue weighted by Crippen LogP contribution is -2.38. The molecule has 0 spiro atoms. The summed E-state index contributed by atoms with van der Waals surface area (Å²) in [6.45, 7) is 0. The highest BCUT2D eigenvalue weighted by atomic mass is 19.1. The first-order valence-electron chi connectivity index (χ1n) is 6.41.